The molecule has 1 saturated heterocycles. The van der Waals surface area contributed by atoms with Gasteiger partial charge < -0.3 is 5.11 Å². The van der Waals surface area contributed by atoms with E-state index in [1.807, 2.05) is 0 Å². The Hall–Kier alpha value is -0.120. The van der Waals surface area contributed by atoms with Crippen LogP contribution in [0, 0.1) is 5.92 Å². The van der Waals surface area contributed by atoms with Gasteiger partial charge in [-0.25, -0.2) is 0 Å². The first-order valence-corrected chi connectivity index (χ1v) is 7.35. The summed E-state index contributed by atoms with van der Waals surface area (Å²) in [4.78, 5) is 4.98. The average Bonchev–Trinajstić information content (AvgIpc) is 2.82. The molecule has 0 aromatic carbocycles. The third kappa shape index (κ3) is 3.43. The fourth-order valence-corrected chi connectivity index (χ4v) is 3.46. The zero-order chi connectivity index (χ0) is 12.3. The van der Waals surface area contributed by atoms with Gasteiger partial charge in [-0.15, -0.1) is 0 Å². The number of rotatable bonds is 4. The van der Waals surface area contributed by atoms with Gasteiger partial charge >= 0.3 is 0 Å². The summed E-state index contributed by atoms with van der Waals surface area (Å²) in [7, 11) is 0. The first-order chi connectivity index (χ1) is 8.20. The van der Waals surface area contributed by atoms with Crippen LogP contribution in [0.25, 0.3) is 0 Å². The summed E-state index contributed by atoms with van der Waals surface area (Å²) in [6, 6.07) is 0.643. The second-order valence-electron chi connectivity index (χ2n) is 5.85. The summed E-state index contributed by atoms with van der Waals surface area (Å²) in [5.41, 5.74) is 0. The molecular formula is C14H28N2O. The SMILES string of the molecule is CCN1CCN(CC(O)C2CCCC2)CC1C. The van der Waals surface area contributed by atoms with Crippen molar-refractivity contribution in [3.63, 3.8) is 0 Å². The molecule has 3 heteroatoms. The van der Waals surface area contributed by atoms with E-state index in [9.17, 15) is 5.11 Å². The van der Waals surface area contributed by atoms with Crippen molar-refractivity contribution in [3.8, 4) is 0 Å². The Morgan fingerprint density at radius 1 is 1.24 bits per heavy atom. The third-order valence-electron chi connectivity index (χ3n) is 4.64. The Kier molecular flexibility index (Phi) is 4.83. The van der Waals surface area contributed by atoms with E-state index in [4.69, 9.17) is 0 Å². The average molecular weight is 240 g/mol. The maximum atomic E-state index is 10.3. The van der Waals surface area contributed by atoms with Crippen molar-refractivity contribution in [2.75, 3.05) is 32.7 Å². The number of hydrogen-bond acceptors (Lipinski definition) is 3. The second-order valence-corrected chi connectivity index (χ2v) is 5.85. The molecule has 2 fully saturated rings. The van der Waals surface area contributed by atoms with Gasteiger partial charge in [-0.1, -0.05) is 19.8 Å². The molecule has 1 heterocycles. The Balaban J connectivity index is 1.76. The van der Waals surface area contributed by atoms with Gasteiger partial charge in [-0.05, 0) is 32.2 Å². The molecule has 0 spiro atoms. The van der Waals surface area contributed by atoms with Gasteiger partial charge in [0.05, 0.1) is 6.10 Å². The van der Waals surface area contributed by atoms with Crippen LogP contribution in [0.15, 0.2) is 0 Å². The highest BCUT2D eigenvalue weighted by Gasteiger charge is 2.28. The summed E-state index contributed by atoms with van der Waals surface area (Å²) < 4.78 is 0. The van der Waals surface area contributed by atoms with Crippen molar-refractivity contribution in [3.05, 3.63) is 0 Å². The second kappa shape index (κ2) is 6.17. The largest absolute Gasteiger partial charge is 0.392 e. The van der Waals surface area contributed by atoms with Crippen LogP contribution in [0.5, 0.6) is 0 Å². The molecule has 0 amide bonds. The Morgan fingerprint density at radius 2 is 1.94 bits per heavy atom. The van der Waals surface area contributed by atoms with Gasteiger partial charge in [0, 0.05) is 32.2 Å². The molecule has 2 rings (SSSR count). The maximum Gasteiger partial charge on any atom is 0.0695 e. The highest BCUT2D eigenvalue weighted by atomic mass is 16.3. The van der Waals surface area contributed by atoms with Crippen molar-refractivity contribution in [1.29, 1.82) is 0 Å². The number of aliphatic hydroxyl groups is 1. The monoisotopic (exact) mass is 240 g/mol. The van der Waals surface area contributed by atoms with Crippen molar-refractivity contribution in [2.45, 2.75) is 51.7 Å². The van der Waals surface area contributed by atoms with E-state index in [1.54, 1.807) is 0 Å². The predicted molar refractivity (Wildman–Crippen MR) is 71.1 cm³/mol. The zero-order valence-electron chi connectivity index (χ0n) is 11.4. The van der Waals surface area contributed by atoms with Crippen molar-refractivity contribution < 1.29 is 5.11 Å². The minimum Gasteiger partial charge on any atom is -0.392 e. The Labute approximate surface area is 106 Å². The molecule has 0 aromatic rings. The minimum atomic E-state index is -0.0853. The molecule has 2 aliphatic rings. The van der Waals surface area contributed by atoms with Gasteiger partial charge in [-0.3, -0.25) is 9.80 Å². The van der Waals surface area contributed by atoms with E-state index >= 15 is 0 Å². The third-order valence-corrected chi connectivity index (χ3v) is 4.64. The lowest BCUT2D eigenvalue weighted by Gasteiger charge is -2.40. The maximum absolute atomic E-state index is 10.3. The van der Waals surface area contributed by atoms with E-state index < -0.39 is 0 Å². The highest BCUT2D eigenvalue weighted by Crippen LogP contribution is 2.28. The van der Waals surface area contributed by atoms with Crippen molar-refractivity contribution >= 4 is 0 Å². The Morgan fingerprint density at radius 3 is 2.53 bits per heavy atom. The molecular weight excluding hydrogens is 212 g/mol. The van der Waals surface area contributed by atoms with Crippen LogP contribution in [0.1, 0.15) is 39.5 Å². The number of aliphatic hydroxyl groups excluding tert-OH is 1. The highest BCUT2D eigenvalue weighted by molar-refractivity contribution is 4.82. The standard InChI is InChI=1S/C14H28N2O/c1-3-16-9-8-15(10-12(16)2)11-14(17)13-6-4-5-7-13/h12-14,17H,3-11H2,1-2H3. The number of hydrogen-bond donors (Lipinski definition) is 1. The topological polar surface area (TPSA) is 26.7 Å². The molecule has 0 bridgehead atoms. The molecule has 1 aliphatic carbocycles. The van der Waals surface area contributed by atoms with E-state index in [1.165, 1.54) is 25.7 Å². The summed E-state index contributed by atoms with van der Waals surface area (Å²) in [5.74, 6) is 0.578. The normalized spacial score (nSPS) is 30.9. The van der Waals surface area contributed by atoms with Gasteiger partial charge in [0.25, 0.3) is 0 Å². The lowest BCUT2D eigenvalue weighted by molar-refractivity contribution is 0.0261. The van der Waals surface area contributed by atoms with E-state index in [2.05, 4.69) is 23.6 Å². The predicted octanol–water partition coefficient (Wildman–Crippen LogP) is 1.56. The fraction of sp³-hybridized carbons (Fsp3) is 1.00. The van der Waals surface area contributed by atoms with Gasteiger partial charge in [-0.2, -0.15) is 0 Å². The first-order valence-electron chi connectivity index (χ1n) is 7.35. The Bertz CT molecular complexity index is 228. The van der Waals surface area contributed by atoms with Gasteiger partial charge in [0.1, 0.15) is 0 Å². The molecule has 100 valence electrons. The van der Waals surface area contributed by atoms with Crippen LogP contribution in [0.2, 0.25) is 0 Å². The molecule has 2 atom stereocenters. The number of nitrogens with zero attached hydrogens (tertiary/aromatic N) is 2. The molecule has 3 nitrogen and oxygen atoms in total. The molecule has 0 aromatic heterocycles. The van der Waals surface area contributed by atoms with Gasteiger partial charge in [0.15, 0.2) is 0 Å². The van der Waals surface area contributed by atoms with Crippen LogP contribution in [-0.2, 0) is 0 Å². The number of likely N-dealkylation sites (N-methyl/N-ethyl adjacent to an activating group) is 1. The lowest BCUT2D eigenvalue weighted by Crippen LogP contribution is -2.53. The van der Waals surface area contributed by atoms with E-state index in [0.717, 1.165) is 32.7 Å². The summed E-state index contributed by atoms with van der Waals surface area (Å²) in [6.07, 6.45) is 5.04. The van der Waals surface area contributed by atoms with Gasteiger partial charge in [0.2, 0.25) is 0 Å². The van der Waals surface area contributed by atoms with Crippen LogP contribution < -0.4 is 0 Å². The van der Waals surface area contributed by atoms with Crippen LogP contribution in [0.3, 0.4) is 0 Å². The van der Waals surface area contributed by atoms with E-state index in [-0.39, 0.29) is 6.10 Å². The van der Waals surface area contributed by atoms with E-state index in [0.29, 0.717) is 12.0 Å². The first kappa shape index (κ1) is 13.3. The number of β-amino-alcohol motifs (C(OH)–C–C–N with tert-alkyl or cyclic N) is 1. The molecule has 2 unspecified atom stereocenters. The van der Waals surface area contributed by atoms with Crippen molar-refractivity contribution in [2.24, 2.45) is 5.92 Å². The summed E-state index contributed by atoms with van der Waals surface area (Å²) in [6.45, 7) is 10.00. The smallest absolute Gasteiger partial charge is 0.0695 e. The molecule has 1 aliphatic heterocycles. The fourth-order valence-electron chi connectivity index (χ4n) is 3.46. The number of piperazine rings is 1. The quantitative estimate of drug-likeness (QED) is 0.808. The molecule has 17 heavy (non-hydrogen) atoms. The van der Waals surface area contributed by atoms with Crippen LogP contribution in [0.4, 0.5) is 0 Å². The lowest BCUT2D eigenvalue weighted by atomic mass is 10.00. The summed E-state index contributed by atoms with van der Waals surface area (Å²) in [5, 5.41) is 10.3. The zero-order valence-corrected chi connectivity index (χ0v) is 11.4. The summed E-state index contributed by atoms with van der Waals surface area (Å²) >= 11 is 0. The molecule has 1 N–H and O–H groups in total. The van der Waals surface area contributed by atoms with Crippen molar-refractivity contribution in [1.82, 2.24) is 9.80 Å². The molecule has 1 saturated carbocycles. The molecule has 0 radical (unpaired) electrons. The minimum absolute atomic E-state index is 0.0853. The van der Waals surface area contributed by atoms with Crippen LogP contribution in [-0.4, -0.2) is 59.8 Å². The van der Waals surface area contributed by atoms with Crippen LogP contribution >= 0.6 is 0 Å².